The first kappa shape index (κ1) is 18.1. The summed E-state index contributed by atoms with van der Waals surface area (Å²) in [5.41, 5.74) is 3.48. The zero-order chi connectivity index (χ0) is 18.5. The minimum atomic E-state index is -0.0718. The summed E-state index contributed by atoms with van der Waals surface area (Å²) in [6.45, 7) is 8.48. The Hall–Kier alpha value is -2.74. The van der Waals surface area contributed by atoms with Crippen molar-refractivity contribution < 1.29 is 0 Å². The van der Waals surface area contributed by atoms with Crippen LogP contribution >= 0.6 is 11.3 Å². The second-order valence-electron chi connectivity index (χ2n) is 5.59. The number of hydrogen-bond acceptors (Lipinski definition) is 7. The Balaban J connectivity index is 1.83. The van der Waals surface area contributed by atoms with Crippen molar-refractivity contribution in [1.82, 2.24) is 14.5 Å². The van der Waals surface area contributed by atoms with Gasteiger partial charge in [-0.2, -0.15) is 5.10 Å². The van der Waals surface area contributed by atoms with Crippen molar-refractivity contribution in [2.24, 2.45) is 5.10 Å². The summed E-state index contributed by atoms with van der Waals surface area (Å²) in [6, 6.07) is 7.32. The number of benzene rings is 1. The summed E-state index contributed by atoms with van der Waals surface area (Å²) in [7, 11) is 0. The second kappa shape index (κ2) is 8.09. The lowest BCUT2D eigenvalue weighted by Crippen LogP contribution is -2.23. The molecular weight excluding hydrogens is 348 g/mol. The van der Waals surface area contributed by atoms with Crippen LogP contribution in [-0.4, -0.2) is 33.8 Å². The van der Waals surface area contributed by atoms with Gasteiger partial charge in [0.05, 0.1) is 22.0 Å². The molecule has 7 nitrogen and oxygen atoms in total. The van der Waals surface area contributed by atoms with Crippen LogP contribution in [0.4, 0.5) is 11.1 Å². The molecule has 2 heterocycles. The summed E-state index contributed by atoms with van der Waals surface area (Å²) in [4.78, 5) is 24.6. The number of para-hydroxylation sites is 1. The molecule has 0 atom stereocenters. The van der Waals surface area contributed by atoms with Gasteiger partial charge in [-0.1, -0.05) is 23.5 Å². The highest BCUT2D eigenvalue weighted by Crippen LogP contribution is 2.20. The van der Waals surface area contributed by atoms with Crippen LogP contribution in [0.2, 0.25) is 0 Å². The van der Waals surface area contributed by atoms with Gasteiger partial charge >= 0.3 is 0 Å². The van der Waals surface area contributed by atoms with Crippen molar-refractivity contribution in [3.8, 4) is 0 Å². The first-order valence-corrected chi connectivity index (χ1v) is 9.49. The van der Waals surface area contributed by atoms with E-state index in [0.717, 1.165) is 23.1 Å². The quantitative estimate of drug-likeness (QED) is 0.511. The number of nitrogens with one attached hydrogen (secondary N) is 1. The molecule has 3 rings (SSSR count). The van der Waals surface area contributed by atoms with E-state index >= 15 is 0 Å². The van der Waals surface area contributed by atoms with E-state index < -0.39 is 0 Å². The lowest BCUT2D eigenvalue weighted by atomic mass is 10.2. The van der Waals surface area contributed by atoms with E-state index in [0.29, 0.717) is 23.4 Å². The van der Waals surface area contributed by atoms with Crippen LogP contribution in [0, 0.1) is 0 Å². The second-order valence-corrected chi connectivity index (χ2v) is 6.63. The maximum absolute atomic E-state index is 12.6. The molecule has 0 aliphatic carbocycles. The topological polar surface area (TPSA) is 75.4 Å². The predicted molar refractivity (Wildman–Crippen MR) is 109 cm³/mol. The van der Waals surface area contributed by atoms with Gasteiger partial charge in [0.2, 0.25) is 5.95 Å². The highest BCUT2D eigenvalue weighted by molar-refractivity contribution is 7.17. The number of aromatic nitrogens is 3. The zero-order valence-electron chi connectivity index (χ0n) is 15.1. The Morgan fingerprint density at radius 2 is 2.04 bits per heavy atom. The molecule has 26 heavy (non-hydrogen) atoms. The van der Waals surface area contributed by atoms with Crippen molar-refractivity contribution in [1.29, 1.82) is 0 Å². The van der Waals surface area contributed by atoms with Gasteiger partial charge in [-0.3, -0.25) is 9.36 Å². The molecule has 0 radical (unpaired) electrons. The van der Waals surface area contributed by atoms with Gasteiger partial charge in [0.25, 0.3) is 5.56 Å². The zero-order valence-corrected chi connectivity index (χ0v) is 16.0. The first-order chi connectivity index (χ1) is 12.7. The van der Waals surface area contributed by atoms with Crippen molar-refractivity contribution >= 4 is 39.5 Å². The number of fused-ring (bicyclic) bond motifs is 1. The van der Waals surface area contributed by atoms with Gasteiger partial charge in [-0.05, 0) is 32.9 Å². The maximum Gasteiger partial charge on any atom is 0.262 e. The van der Waals surface area contributed by atoms with Gasteiger partial charge in [-0.25, -0.2) is 15.4 Å². The summed E-state index contributed by atoms with van der Waals surface area (Å²) in [6.07, 6.45) is 3.50. The van der Waals surface area contributed by atoms with E-state index in [9.17, 15) is 4.79 Å². The van der Waals surface area contributed by atoms with Crippen LogP contribution in [0.1, 0.15) is 25.6 Å². The van der Waals surface area contributed by atoms with Crippen LogP contribution < -0.4 is 15.9 Å². The first-order valence-electron chi connectivity index (χ1n) is 8.67. The molecule has 0 aliphatic rings. The number of nitrogens with zero attached hydrogens (tertiary/aromatic N) is 5. The summed E-state index contributed by atoms with van der Waals surface area (Å²) < 4.78 is 1.58. The smallest absolute Gasteiger partial charge is 0.262 e. The summed E-state index contributed by atoms with van der Waals surface area (Å²) >= 11 is 1.58. The fraction of sp³-hybridized carbons (Fsp3) is 0.333. The van der Waals surface area contributed by atoms with E-state index in [-0.39, 0.29) is 5.56 Å². The van der Waals surface area contributed by atoms with Crippen LogP contribution in [0.15, 0.2) is 40.4 Å². The fourth-order valence-electron chi connectivity index (χ4n) is 2.68. The van der Waals surface area contributed by atoms with Crippen LogP contribution in [0.25, 0.3) is 10.9 Å². The molecular formula is C18H22N6OS. The molecule has 8 heteroatoms. The lowest BCUT2D eigenvalue weighted by Gasteiger charge is -2.16. The number of thiazole rings is 1. The Morgan fingerprint density at radius 1 is 1.27 bits per heavy atom. The monoisotopic (exact) mass is 370 g/mol. The molecule has 1 N–H and O–H groups in total. The van der Waals surface area contributed by atoms with Crippen LogP contribution in [0.5, 0.6) is 0 Å². The molecule has 0 bridgehead atoms. The number of hydrogen-bond donors (Lipinski definition) is 1. The van der Waals surface area contributed by atoms with Gasteiger partial charge in [0.1, 0.15) is 0 Å². The Morgan fingerprint density at radius 3 is 2.77 bits per heavy atom. The molecule has 0 unspecified atom stereocenters. The average Bonchev–Trinajstić information content (AvgIpc) is 3.12. The molecule has 0 saturated heterocycles. The Kier molecular flexibility index (Phi) is 5.62. The minimum absolute atomic E-state index is 0.0718. The SMILES string of the molecule is CCN(CC)c1ncc(/C=N\Nc2nc3ccccc3c(=O)n2CC)s1. The van der Waals surface area contributed by atoms with E-state index in [1.54, 1.807) is 34.4 Å². The molecule has 0 saturated carbocycles. The molecule has 0 aliphatic heterocycles. The van der Waals surface area contributed by atoms with Crippen molar-refractivity contribution in [2.45, 2.75) is 27.3 Å². The third-order valence-corrected chi connectivity index (χ3v) is 5.07. The van der Waals surface area contributed by atoms with Crippen molar-refractivity contribution in [3.63, 3.8) is 0 Å². The standard InChI is InChI=1S/C18H22N6OS/c1-4-23(5-2)18-19-11-13(26-18)12-20-22-17-21-15-10-8-7-9-14(15)16(25)24(17)6-3/h7-12H,4-6H2,1-3H3,(H,21,22)/b20-12-. The van der Waals surface area contributed by atoms with E-state index in [1.807, 2.05) is 25.1 Å². The summed E-state index contributed by atoms with van der Waals surface area (Å²) in [5.74, 6) is 0.431. The molecule has 1 aromatic carbocycles. The van der Waals surface area contributed by atoms with Crippen LogP contribution in [-0.2, 0) is 6.54 Å². The van der Waals surface area contributed by atoms with E-state index in [1.165, 1.54) is 0 Å². The Bertz CT molecular complexity index is 973. The maximum atomic E-state index is 12.6. The van der Waals surface area contributed by atoms with Gasteiger partial charge in [0.15, 0.2) is 5.13 Å². The summed E-state index contributed by atoms with van der Waals surface area (Å²) in [5, 5.41) is 5.83. The van der Waals surface area contributed by atoms with E-state index in [2.05, 4.69) is 39.2 Å². The molecule has 0 fully saturated rings. The minimum Gasteiger partial charge on any atom is -0.349 e. The van der Waals surface area contributed by atoms with Crippen molar-refractivity contribution in [3.05, 3.63) is 45.7 Å². The number of hydrazone groups is 1. The highest BCUT2D eigenvalue weighted by Gasteiger charge is 2.09. The van der Waals surface area contributed by atoms with Crippen LogP contribution in [0.3, 0.4) is 0 Å². The molecule has 2 aromatic heterocycles. The third-order valence-electron chi connectivity index (χ3n) is 4.08. The third kappa shape index (κ3) is 3.60. The van der Waals surface area contributed by atoms with E-state index in [4.69, 9.17) is 0 Å². The molecule has 3 aromatic rings. The number of anilines is 2. The highest BCUT2D eigenvalue weighted by atomic mass is 32.1. The molecule has 0 amide bonds. The van der Waals surface area contributed by atoms with Gasteiger partial charge < -0.3 is 4.90 Å². The lowest BCUT2D eigenvalue weighted by molar-refractivity contribution is 0.724. The van der Waals surface area contributed by atoms with Gasteiger partial charge in [0, 0.05) is 25.8 Å². The van der Waals surface area contributed by atoms with Gasteiger partial charge in [-0.15, -0.1) is 0 Å². The van der Waals surface area contributed by atoms with Crippen molar-refractivity contribution in [2.75, 3.05) is 23.4 Å². The molecule has 0 spiro atoms. The largest absolute Gasteiger partial charge is 0.349 e. The fourth-order valence-corrected chi connectivity index (χ4v) is 3.59. The predicted octanol–water partition coefficient (Wildman–Crippen LogP) is 3.17. The average molecular weight is 370 g/mol. The Labute approximate surface area is 156 Å². The molecule has 136 valence electrons. The normalized spacial score (nSPS) is 11.3. The number of rotatable bonds is 7.